The number of pyridine rings is 1. The number of piperidine rings is 1. The van der Waals surface area contributed by atoms with Gasteiger partial charge in [-0.3, -0.25) is 14.7 Å². The monoisotopic (exact) mass is 342 g/mol. The summed E-state index contributed by atoms with van der Waals surface area (Å²) < 4.78 is 0. The highest BCUT2D eigenvalue weighted by atomic mass is 16.2. The van der Waals surface area contributed by atoms with Gasteiger partial charge < -0.3 is 10.6 Å². The van der Waals surface area contributed by atoms with Crippen molar-refractivity contribution >= 4 is 11.9 Å². The number of rotatable bonds is 5. The van der Waals surface area contributed by atoms with Crippen LogP contribution in [0, 0.1) is 5.92 Å². The van der Waals surface area contributed by atoms with Gasteiger partial charge in [0.05, 0.1) is 0 Å². The fraction of sp³-hybridized carbons (Fsp3) is 0.526. The molecule has 2 aliphatic heterocycles. The number of hydrogen-bond acceptors (Lipinski definition) is 4. The highest BCUT2D eigenvalue weighted by Crippen LogP contribution is 2.40. The van der Waals surface area contributed by atoms with Crippen LogP contribution >= 0.6 is 0 Å². The third kappa shape index (κ3) is 3.31. The summed E-state index contributed by atoms with van der Waals surface area (Å²) in [6.07, 6.45) is 7.82. The van der Waals surface area contributed by atoms with E-state index in [-0.39, 0.29) is 17.9 Å². The van der Waals surface area contributed by atoms with Gasteiger partial charge in [0.2, 0.25) is 0 Å². The van der Waals surface area contributed by atoms with Crippen LogP contribution in [0.4, 0.5) is 4.79 Å². The first-order chi connectivity index (χ1) is 12.1. The third-order valence-electron chi connectivity index (χ3n) is 5.11. The smallest absolute Gasteiger partial charge is 0.319 e. The number of amides is 3. The summed E-state index contributed by atoms with van der Waals surface area (Å²) in [6.45, 7) is 6.14. The normalized spacial score (nSPS) is 24.3. The van der Waals surface area contributed by atoms with E-state index in [1.807, 2.05) is 26.0 Å². The van der Waals surface area contributed by atoms with E-state index in [1.165, 1.54) is 10.5 Å². The Labute approximate surface area is 148 Å². The van der Waals surface area contributed by atoms with Crippen LogP contribution in [0.3, 0.4) is 0 Å². The Morgan fingerprint density at radius 1 is 1.36 bits per heavy atom. The predicted octanol–water partition coefficient (Wildman–Crippen LogP) is 2.18. The van der Waals surface area contributed by atoms with E-state index in [2.05, 4.69) is 21.7 Å². The molecule has 0 saturated carbocycles. The Kier molecular flexibility index (Phi) is 5.18. The molecule has 134 valence electrons. The number of imide groups is 1. The number of carbonyl (C=O) groups is 2. The second-order valence-corrected chi connectivity index (χ2v) is 7.03. The van der Waals surface area contributed by atoms with Gasteiger partial charge in [-0.1, -0.05) is 17.7 Å². The molecule has 3 rings (SSSR count). The minimum absolute atomic E-state index is 0.0721. The van der Waals surface area contributed by atoms with Gasteiger partial charge in [0.25, 0.3) is 5.91 Å². The Morgan fingerprint density at radius 2 is 2.12 bits per heavy atom. The van der Waals surface area contributed by atoms with Crippen LogP contribution in [0.5, 0.6) is 0 Å². The standard InChI is InChI=1S/C19H26N4O2/c1-14(2)5-4-12-23-17(24)19(22-18(23)25,15-7-10-20-11-8-15)16-6-3-9-21-13-16/h3,5-6,9,13,15,20H,4,7-8,10-12H2,1-2H3,(H,22,25). The molecule has 2 N–H and O–H groups in total. The van der Waals surface area contributed by atoms with Crippen molar-refractivity contribution in [2.45, 2.75) is 38.6 Å². The van der Waals surface area contributed by atoms with Crippen molar-refractivity contribution in [2.24, 2.45) is 5.92 Å². The Morgan fingerprint density at radius 3 is 2.76 bits per heavy atom. The Balaban J connectivity index is 1.93. The van der Waals surface area contributed by atoms with Gasteiger partial charge in [0, 0.05) is 24.5 Å². The maximum atomic E-state index is 13.4. The quantitative estimate of drug-likeness (QED) is 0.635. The summed E-state index contributed by atoms with van der Waals surface area (Å²) in [4.78, 5) is 31.6. The van der Waals surface area contributed by atoms with E-state index in [0.717, 1.165) is 31.5 Å². The number of carbonyl (C=O) groups excluding carboxylic acids is 2. The van der Waals surface area contributed by atoms with Crippen LogP contribution in [0.1, 0.15) is 38.7 Å². The molecule has 1 aromatic heterocycles. The summed E-state index contributed by atoms with van der Waals surface area (Å²) >= 11 is 0. The molecule has 0 aromatic carbocycles. The van der Waals surface area contributed by atoms with Gasteiger partial charge in [-0.05, 0) is 58.2 Å². The van der Waals surface area contributed by atoms with Crippen LogP contribution in [0.2, 0.25) is 0 Å². The van der Waals surface area contributed by atoms with Crippen molar-refractivity contribution < 1.29 is 9.59 Å². The van der Waals surface area contributed by atoms with Crippen LogP contribution in [0.25, 0.3) is 0 Å². The van der Waals surface area contributed by atoms with Gasteiger partial charge in [-0.2, -0.15) is 0 Å². The van der Waals surface area contributed by atoms with E-state index in [9.17, 15) is 9.59 Å². The van der Waals surface area contributed by atoms with Gasteiger partial charge in [-0.15, -0.1) is 0 Å². The fourth-order valence-electron chi connectivity index (χ4n) is 3.84. The van der Waals surface area contributed by atoms with Crippen molar-refractivity contribution in [3.05, 3.63) is 41.7 Å². The summed E-state index contributed by atoms with van der Waals surface area (Å²) in [5.41, 5.74) is 0.979. The number of allylic oxidation sites excluding steroid dienone is 1. The molecular formula is C19H26N4O2. The molecule has 3 heterocycles. The molecule has 2 fully saturated rings. The Hall–Kier alpha value is -2.21. The maximum absolute atomic E-state index is 13.4. The van der Waals surface area contributed by atoms with Crippen molar-refractivity contribution in [1.82, 2.24) is 20.5 Å². The summed E-state index contributed by atoms with van der Waals surface area (Å²) in [5, 5.41) is 6.37. The first-order valence-corrected chi connectivity index (χ1v) is 8.94. The minimum atomic E-state index is -0.988. The molecule has 6 heteroatoms. The largest absolute Gasteiger partial charge is 0.325 e. The molecule has 25 heavy (non-hydrogen) atoms. The van der Waals surface area contributed by atoms with Crippen LogP contribution in [0.15, 0.2) is 36.2 Å². The van der Waals surface area contributed by atoms with Crippen LogP contribution in [-0.2, 0) is 10.3 Å². The number of nitrogens with one attached hydrogen (secondary N) is 2. The molecule has 1 unspecified atom stereocenters. The SMILES string of the molecule is CC(C)=CCCN1C(=O)NC(c2cccnc2)(C2CCNCC2)C1=O. The maximum Gasteiger partial charge on any atom is 0.325 e. The predicted molar refractivity (Wildman–Crippen MR) is 95.8 cm³/mol. The fourth-order valence-corrected chi connectivity index (χ4v) is 3.84. The van der Waals surface area contributed by atoms with Crippen LogP contribution in [-0.4, -0.2) is 41.5 Å². The number of nitrogens with zero attached hydrogens (tertiary/aromatic N) is 2. The van der Waals surface area contributed by atoms with E-state index in [0.29, 0.717) is 13.0 Å². The number of urea groups is 1. The van der Waals surface area contributed by atoms with E-state index in [1.54, 1.807) is 12.4 Å². The van der Waals surface area contributed by atoms with Gasteiger partial charge in [0.1, 0.15) is 0 Å². The molecular weight excluding hydrogens is 316 g/mol. The molecule has 1 aromatic rings. The number of hydrogen-bond donors (Lipinski definition) is 2. The summed E-state index contributed by atoms with van der Waals surface area (Å²) in [6, 6.07) is 3.42. The second-order valence-electron chi connectivity index (χ2n) is 7.03. The lowest BCUT2D eigenvalue weighted by molar-refractivity contribution is -0.134. The lowest BCUT2D eigenvalue weighted by Crippen LogP contribution is -2.53. The minimum Gasteiger partial charge on any atom is -0.319 e. The molecule has 0 bridgehead atoms. The summed E-state index contributed by atoms with van der Waals surface area (Å²) in [5.74, 6) is -0.0672. The van der Waals surface area contributed by atoms with Crippen molar-refractivity contribution in [2.75, 3.05) is 19.6 Å². The second kappa shape index (κ2) is 7.35. The Bertz CT molecular complexity index is 663. The molecule has 0 spiro atoms. The average molecular weight is 342 g/mol. The molecule has 0 aliphatic carbocycles. The molecule has 0 radical (unpaired) electrons. The zero-order valence-electron chi connectivity index (χ0n) is 14.9. The van der Waals surface area contributed by atoms with Crippen molar-refractivity contribution in [1.29, 1.82) is 0 Å². The molecule has 2 aliphatic rings. The topological polar surface area (TPSA) is 74.3 Å². The van der Waals surface area contributed by atoms with Crippen molar-refractivity contribution in [3.8, 4) is 0 Å². The van der Waals surface area contributed by atoms with Gasteiger partial charge in [0.15, 0.2) is 5.54 Å². The first-order valence-electron chi connectivity index (χ1n) is 8.94. The molecule has 1 atom stereocenters. The lowest BCUT2D eigenvalue weighted by Gasteiger charge is -2.37. The molecule has 2 saturated heterocycles. The van der Waals surface area contributed by atoms with E-state index >= 15 is 0 Å². The third-order valence-corrected chi connectivity index (χ3v) is 5.11. The molecule has 3 amide bonds. The van der Waals surface area contributed by atoms with Gasteiger partial charge in [-0.25, -0.2) is 4.79 Å². The van der Waals surface area contributed by atoms with Gasteiger partial charge >= 0.3 is 6.03 Å². The average Bonchev–Trinajstić information content (AvgIpc) is 2.88. The number of aromatic nitrogens is 1. The zero-order valence-corrected chi connectivity index (χ0v) is 14.9. The van der Waals surface area contributed by atoms with Crippen molar-refractivity contribution in [3.63, 3.8) is 0 Å². The highest BCUT2D eigenvalue weighted by molar-refractivity contribution is 6.07. The zero-order chi connectivity index (χ0) is 17.9. The lowest BCUT2D eigenvalue weighted by atomic mass is 9.74. The van der Waals surface area contributed by atoms with Crippen LogP contribution < -0.4 is 10.6 Å². The van der Waals surface area contributed by atoms with E-state index in [4.69, 9.17) is 0 Å². The first kappa shape index (κ1) is 17.6. The highest BCUT2D eigenvalue weighted by Gasteiger charge is 2.56. The molecule has 6 nitrogen and oxygen atoms in total. The summed E-state index contributed by atoms with van der Waals surface area (Å²) in [7, 11) is 0. The van der Waals surface area contributed by atoms with E-state index < -0.39 is 5.54 Å².